The number of aromatic nitrogens is 1. The smallest absolute Gasteiger partial charge is 0.502 e. The monoisotopic (exact) mass is 633 g/mol. The first kappa shape index (κ1) is 23.3. The number of hydrogen-bond donors (Lipinski definition) is 0. The molecule has 0 fully saturated rings. The van der Waals surface area contributed by atoms with Crippen molar-refractivity contribution in [2.45, 2.75) is 19.3 Å². The maximum absolute atomic E-state index is 6.40. The van der Waals surface area contributed by atoms with Crippen LogP contribution in [0, 0.1) is 18.2 Å². The fourth-order valence-corrected chi connectivity index (χ4v) is 4.76. The summed E-state index contributed by atoms with van der Waals surface area (Å²) in [5.74, 6) is 1.37. The molecule has 0 saturated carbocycles. The molecule has 1 aliphatic carbocycles. The number of hydrogen-bond acceptors (Lipinski definition) is 2. The zero-order chi connectivity index (χ0) is 23.1. The molecule has 0 N–H and O–H groups in total. The van der Waals surface area contributed by atoms with Crippen molar-refractivity contribution in [2.24, 2.45) is 0 Å². The van der Waals surface area contributed by atoms with Gasteiger partial charge in [-0.25, -0.2) is 0 Å². The molecule has 172 valence electrons. The SMILES string of the molecule is CC1(C)c2ccccc2-c2c(Oc3[c-]cccc3)[c-]c(-c3cccc(-c4[c-]cccc4)n3)cc21.[Au+3]. The van der Waals surface area contributed by atoms with Gasteiger partial charge in [0, 0.05) is 5.75 Å². The van der Waals surface area contributed by atoms with Gasteiger partial charge in [-0.15, -0.1) is 65.2 Å². The molecule has 6 rings (SSSR count). The fourth-order valence-electron chi connectivity index (χ4n) is 4.76. The van der Waals surface area contributed by atoms with Crippen LogP contribution in [0.2, 0.25) is 0 Å². The van der Waals surface area contributed by atoms with Gasteiger partial charge in [0.05, 0.1) is 5.75 Å². The van der Waals surface area contributed by atoms with Gasteiger partial charge in [-0.1, -0.05) is 73.5 Å². The largest absolute Gasteiger partial charge is 3.00 e. The van der Waals surface area contributed by atoms with E-state index in [-0.39, 0.29) is 27.8 Å². The van der Waals surface area contributed by atoms with E-state index in [2.05, 4.69) is 62.4 Å². The molecule has 0 spiro atoms. The summed E-state index contributed by atoms with van der Waals surface area (Å²) in [6, 6.07) is 42.4. The molecule has 4 aromatic carbocycles. The maximum Gasteiger partial charge on any atom is 3.00 e. The predicted molar refractivity (Wildman–Crippen MR) is 136 cm³/mol. The van der Waals surface area contributed by atoms with Gasteiger partial charge in [0.25, 0.3) is 0 Å². The van der Waals surface area contributed by atoms with Crippen molar-refractivity contribution in [2.75, 3.05) is 0 Å². The third-order valence-electron chi connectivity index (χ3n) is 6.48. The molecule has 0 aliphatic heterocycles. The number of benzene rings is 4. The second kappa shape index (κ2) is 9.31. The normalized spacial score (nSPS) is 12.9. The van der Waals surface area contributed by atoms with Crippen molar-refractivity contribution in [3.63, 3.8) is 0 Å². The van der Waals surface area contributed by atoms with Gasteiger partial charge >= 0.3 is 22.4 Å². The standard InChI is InChI=1S/C32H22NO.Au/c1-32(2)26-17-10-9-16-25(26)31-27(32)20-23(21-30(31)34-24-14-7-4-8-15-24)29-19-11-18-28(33-29)22-12-5-3-6-13-22;/h3-12,14,16-20H,1-2H3;/q-3;+3. The fraction of sp³-hybridized carbons (Fsp3) is 0.0938. The summed E-state index contributed by atoms with van der Waals surface area (Å²) in [6.07, 6.45) is 0. The van der Waals surface area contributed by atoms with Crippen molar-refractivity contribution in [3.8, 4) is 45.1 Å². The molecular formula is C32H22AuNO. The molecule has 35 heavy (non-hydrogen) atoms. The van der Waals surface area contributed by atoms with Crippen LogP contribution in [-0.4, -0.2) is 4.98 Å². The van der Waals surface area contributed by atoms with E-state index in [9.17, 15) is 0 Å². The number of pyridine rings is 1. The quantitative estimate of drug-likeness (QED) is 0.148. The topological polar surface area (TPSA) is 22.1 Å². The zero-order valence-electron chi connectivity index (χ0n) is 19.4. The van der Waals surface area contributed by atoms with E-state index in [0.29, 0.717) is 11.5 Å². The van der Waals surface area contributed by atoms with Crippen LogP contribution in [0.15, 0.2) is 97.1 Å². The summed E-state index contributed by atoms with van der Waals surface area (Å²) in [5.41, 5.74) is 8.23. The van der Waals surface area contributed by atoms with Gasteiger partial charge in [-0.05, 0) is 22.4 Å². The minimum absolute atomic E-state index is 0. The second-order valence-corrected chi connectivity index (χ2v) is 8.98. The van der Waals surface area contributed by atoms with Crippen LogP contribution < -0.4 is 4.74 Å². The van der Waals surface area contributed by atoms with E-state index >= 15 is 0 Å². The molecule has 1 heterocycles. The summed E-state index contributed by atoms with van der Waals surface area (Å²) in [6.45, 7) is 4.53. The van der Waals surface area contributed by atoms with E-state index in [1.54, 1.807) is 0 Å². The van der Waals surface area contributed by atoms with Gasteiger partial charge in [0.1, 0.15) is 0 Å². The van der Waals surface area contributed by atoms with Crippen LogP contribution in [0.1, 0.15) is 25.0 Å². The van der Waals surface area contributed by atoms with Crippen molar-refractivity contribution in [1.82, 2.24) is 4.98 Å². The van der Waals surface area contributed by atoms with E-state index in [1.165, 1.54) is 16.7 Å². The molecule has 0 saturated heterocycles. The first-order valence-corrected chi connectivity index (χ1v) is 11.4. The van der Waals surface area contributed by atoms with Gasteiger partial charge in [0.15, 0.2) is 0 Å². The molecular weight excluding hydrogens is 611 g/mol. The van der Waals surface area contributed by atoms with Crippen molar-refractivity contribution < 1.29 is 27.1 Å². The Labute approximate surface area is 222 Å². The Hall–Kier alpha value is -3.43. The second-order valence-electron chi connectivity index (χ2n) is 8.98. The third-order valence-corrected chi connectivity index (χ3v) is 6.48. The number of nitrogens with zero attached hydrogens (tertiary/aromatic N) is 1. The Bertz CT molecular complexity index is 1490. The molecule has 0 unspecified atom stereocenters. The molecule has 0 amide bonds. The summed E-state index contributed by atoms with van der Waals surface area (Å²) in [4.78, 5) is 4.96. The van der Waals surface area contributed by atoms with Crippen LogP contribution in [0.25, 0.3) is 33.6 Å². The molecule has 1 aromatic heterocycles. The van der Waals surface area contributed by atoms with Gasteiger partial charge in [-0.2, -0.15) is 18.2 Å². The molecule has 1 aliphatic rings. The number of ether oxygens (including phenoxy) is 1. The van der Waals surface area contributed by atoms with E-state index in [0.717, 1.165) is 28.1 Å². The Morgan fingerprint density at radius 2 is 1.43 bits per heavy atom. The molecule has 0 radical (unpaired) electrons. The molecule has 0 bridgehead atoms. The third kappa shape index (κ3) is 4.15. The van der Waals surface area contributed by atoms with Crippen LogP contribution in [-0.2, 0) is 27.8 Å². The van der Waals surface area contributed by atoms with Gasteiger partial charge in [-0.3, -0.25) is 0 Å². The Morgan fingerprint density at radius 3 is 2.17 bits per heavy atom. The van der Waals surface area contributed by atoms with E-state index in [4.69, 9.17) is 9.72 Å². The summed E-state index contributed by atoms with van der Waals surface area (Å²) >= 11 is 0. The summed E-state index contributed by atoms with van der Waals surface area (Å²) in [7, 11) is 0. The van der Waals surface area contributed by atoms with E-state index in [1.807, 2.05) is 66.7 Å². The zero-order valence-corrected chi connectivity index (χ0v) is 21.6. The Kier molecular flexibility index (Phi) is 6.21. The van der Waals surface area contributed by atoms with Crippen molar-refractivity contribution in [1.29, 1.82) is 0 Å². The molecule has 0 atom stereocenters. The number of fused-ring (bicyclic) bond motifs is 3. The first-order chi connectivity index (χ1) is 16.6. The molecule has 2 nitrogen and oxygen atoms in total. The number of para-hydroxylation sites is 1. The van der Waals surface area contributed by atoms with Crippen molar-refractivity contribution >= 4 is 0 Å². The first-order valence-electron chi connectivity index (χ1n) is 11.4. The van der Waals surface area contributed by atoms with Crippen LogP contribution in [0.3, 0.4) is 0 Å². The average molecular weight is 634 g/mol. The van der Waals surface area contributed by atoms with E-state index < -0.39 is 0 Å². The number of rotatable bonds is 4. The van der Waals surface area contributed by atoms with Gasteiger partial charge < -0.3 is 9.72 Å². The summed E-state index contributed by atoms with van der Waals surface area (Å²) in [5, 5.41) is 0. The summed E-state index contributed by atoms with van der Waals surface area (Å²) < 4.78 is 6.40. The minimum Gasteiger partial charge on any atom is -0.502 e. The molecule has 5 aromatic rings. The van der Waals surface area contributed by atoms with Crippen LogP contribution in [0.4, 0.5) is 0 Å². The maximum atomic E-state index is 6.40. The van der Waals surface area contributed by atoms with Crippen molar-refractivity contribution in [3.05, 3.63) is 126 Å². The Morgan fingerprint density at radius 1 is 0.714 bits per heavy atom. The molecule has 3 heteroatoms. The predicted octanol–water partition coefficient (Wildman–Crippen LogP) is 7.91. The van der Waals surface area contributed by atoms with Crippen LogP contribution in [0.5, 0.6) is 11.5 Å². The average Bonchev–Trinajstić information content (AvgIpc) is 3.12. The van der Waals surface area contributed by atoms with Crippen LogP contribution >= 0.6 is 0 Å². The minimum atomic E-state index is -0.168. The van der Waals surface area contributed by atoms with Gasteiger partial charge in [0.2, 0.25) is 0 Å². The Balaban J connectivity index is 0.00000253.